The van der Waals surface area contributed by atoms with Gasteiger partial charge in [-0.2, -0.15) is 0 Å². The maximum Gasteiger partial charge on any atom is 0.262 e. The summed E-state index contributed by atoms with van der Waals surface area (Å²) in [5.74, 6) is -2.88. The van der Waals surface area contributed by atoms with Crippen molar-refractivity contribution in [1.82, 2.24) is 4.98 Å². The highest BCUT2D eigenvalue weighted by atomic mass is 35.5. The molecule has 5 rings (SSSR count). The molecular formula is C22H16ClF3N4O2. The first-order chi connectivity index (χ1) is 15.3. The number of pyridine rings is 1. The van der Waals surface area contributed by atoms with Crippen molar-refractivity contribution in [3.8, 4) is 0 Å². The van der Waals surface area contributed by atoms with E-state index >= 15 is 0 Å². The number of aromatic nitrogens is 1. The van der Waals surface area contributed by atoms with Crippen molar-refractivity contribution in [1.29, 1.82) is 0 Å². The molecule has 3 heterocycles. The van der Waals surface area contributed by atoms with Gasteiger partial charge in [-0.25, -0.2) is 13.2 Å². The lowest BCUT2D eigenvalue weighted by atomic mass is 10.0. The fourth-order valence-electron chi connectivity index (χ4n) is 4.13. The normalized spacial score (nSPS) is 15.3. The van der Waals surface area contributed by atoms with E-state index in [4.69, 9.17) is 11.6 Å². The third-order valence-electron chi connectivity index (χ3n) is 5.64. The summed E-state index contributed by atoms with van der Waals surface area (Å²) in [7, 11) is 0. The number of fused-ring (bicyclic) bond motifs is 8. The van der Waals surface area contributed by atoms with Gasteiger partial charge < -0.3 is 15.2 Å². The molecule has 2 N–H and O–H groups in total. The molecule has 1 amide bonds. The van der Waals surface area contributed by atoms with Crippen LogP contribution in [0.15, 0.2) is 41.2 Å². The molecule has 2 aliphatic rings. The second kappa shape index (κ2) is 7.59. The molecule has 6 nitrogen and oxygen atoms in total. The van der Waals surface area contributed by atoms with Gasteiger partial charge in [0.1, 0.15) is 18.3 Å². The van der Waals surface area contributed by atoms with Gasteiger partial charge >= 0.3 is 0 Å². The van der Waals surface area contributed by atoms with E-state index < -0.39 is 23.4 Å². The third-order valence-corrected chi connectivity index (χ3v) is 5.93. The quantitative estimate of drug-likeness (QED) is 0.516. The molecule has 1 aromatic heterocycles. The van der Waals surface area contributed by atoms with Crippen molar-refractivity contribution >= 4 is 40.4 Å². The van der Waals surface area contributed by atoms with Crippen molar-refractivity contribution in [2.45, 2.75) is 12.8 Å². The Hall–Kier alpha value is -3.46. The van der Waals surface area contributed by atoms with E-state index in [1.807, 2.05) is 0 Å². The van der Waals surface area contributed by atoms with Gasteiger partial charge in [0.25, 0.3) is 5.91 Å². The molecule has 164 valence electrons. The summed E-state index contributed by atoms with van der Waals surface area (Å²) in [6.07, 6.45) is 0.585. The van der Waals surface area contributed by atoms with Crippen molar-refractivity contribution in [3.63, 3.8) is 0 Å². The number of H-pyrrole nitrogens is 1. The number of nitrogens with one attached hydrogen (secondary N) is 2. The minimum absolute atomic E-state index is 0.0923. The number of amides is 1. The number of carbonyl (C=O) groups excluding carboxylic acids is 1. The second-order valence-electron chi connectivity index (χ2n) is 7.56. The average molecular weight is 461 g/mol. The van der Waals surface area contributed by atoms with Gasteiger partial charge in [0.15, 0.2) is 11.6 Å². The molecule has 0 saturated carbocycles. The molecule has 32 heavy (non-hydrogen) atoms. The maximum absolute atomic E-state index is 14.8. The first kappa shape index (κ1) is 20.4. The summed E-state index contributed by atoms with van der Waals surface area (Å²) in [5, 5.41) is 2.82. The Bertz CT molecular complexity index is 1330. The van der Waals surface area contributed by atoms with E-state index in [0.717, 1.165) is 12.1 Å². The van der Waals surface area contributed by atoms with Gasteiger partial charge in [0, 0.05) is 23.9 Å². The number of halogens is 4. The van der Waals surface area contributed by atoms with Crippen LogP contribution in [0.1, 0.15) is 22.3 Å². The van der Waals surface area contributed by atoms with Crippen LogP contribution in [-0.2, 0) is 6.42 Å². The monoisotopic (exact) mass is 460 g/mol. The van der Waals surface area contributed by atoms with Crippen molar-refractivity contribution in [2.24, 2.45) is 0 Å². The van der Waals surface area contributed by atoms with E-state index in [-0.39, 0.29) is 40.5 Å². The van der Waals surface area contributed by atoms with Gasteiger partial charge in [-0.3, -0.25) is 14.5 Å². The van der Waals surface area contributed by atoms with Gasteiger partial charge in [0.05, 0.1) is 22.0 Å². The Kier molecular flexibility index (Phi) is 4.85. The first-order valence-corrected chi connectivity index (χ1v) is 10.3. The SMILES string of the molecule is O=C1c2cc(Cl)c(F)cc2N2CN1c1ccc(=O)[nH]c1NCCCc1c2ccc(F)c1F. The molecule has 0 spiro atoms. The second-order valence-corrected chi connectivity index (χ2v) is 7.97. The summed E-state index contributed by atoms with van der Waals surface area (Å²) in [6.45, 7) is 0.212. The Balaban J connectivity index is 1.80. The maximum atomic E-state index is 14.8. The zero-order valence-electron chi connectivity index (χ0n) is 16.5. The Labute approximate surface area is 185 Å². The van der Waals surface area contributed by atoms with E-state index in [1.54, 1.807) is 4.90 Å². The molecule has 3 aromatic rings. The van der Waals surface area contributed by atoms with Gasteiger partial charge in [-0.1, -0.05) is 11.6 Å². The van der Waals surface area contributed by atoms with Crippen LogP contribution in [0.2, 0.25) is 5.02 Å². The average Bonchev–Trinajstić information content (AvgIpc) is 2.79. The zero-order valence-corrected chi connectivity index (χ0v) is 17.3. The van der Waals surface area contributed by atoms with Crippen LogP contribution in [0.5, 0.6) is 0 Å². The number of rotatable bonds is 0. The zero-order chi connectivity index (χ0) is 22.6. The third kappa shape index (κ3) is 3.20. The summed E-state index contributed by atoms with van der Waals surface area (Å²) >= 11 is 5.96. The fourth-order valence-corrected chi connectivity index (χ4v) is 4.29. The Morgan fingerprint density at radius 3 is 2.50 bits per heavy atom. The molecule has 0 unspecified atom stereocenters. The number of anilines is 4. The highest BCUT2D eigenvalue weighted by Crippen LogP contribution is 2.41. The smallest absolute Gasteiger partial charge is 0.262 e. The van der Waals surface area contributed by atoms with Crippen LogP contribution in [0.3, 0.4) is 0 Å². The molecule has 10 heteroatoms. The molecule has 2 aromatic carbocycles. The molecule has 0 saturated heterocycles. The number of hydrogen-bond acceptors (Lipinski definition) is 4. The van der Waals surface area contributed by atoms with Gasteiger partial charge in [-0.05, 0) is 43.2 Å². The van der Waals surface area contributed by atoms with Crippen LogP contribution in [-0.4, -0.2) is 24.1 Å². The Morgan fingerprint density at radius 1 is 0.906 bits per heavy atom. The molecular weight excluding hydrogens is 445 g/mol. The highest BCUT2D eigenvalue weighted by Gasteiger charge is 2.35. The largest absolute Gasteiger partial charge is 0.370 e. The molecule has 0 aliphatic carbocycles. The lowest BCUT2D eigenvalue weighted by Crippen LogP contribution is -2.45. The van der Waals surface area contributed by atoms with Gasteiger partial charge in [0.2, 0.25) is 5.56 Å². The summed E-state index contributed by atoms with van der Waals surface area (Å²) in [5.41, 5.74) is 0.735. The van der Waals surface area contributed by atoms with E-state index in [0.29, 0.717) is 30.2 Å². The Morgan fingerprint density at radius 2 is 1.69 bits per heavy atom. The van der Waals surface area contributed by atoms with E-state index in [9.17, 15) is 22.8 Å². The number of carbonyl (C=O) groups is 1. The van der Waals surface area contributed by atoms with Crippen LogP contribution in [0.25, 0.3) is 0 Å². The molecule has 2 aliphatic heterocycles. The standard InChI is InChI=1S/C22H16ClF3N4O2/c23-13-8-12-18(9-15(13)25)29-10-30(22(12)32)17-5-6-19(31)28-21(17)27-7-1-2-11-16(29)4-3-14(24)20(11)26/h3-6,8-9H,1-2,7,10H2,(H2,27,28,31). The van der Waals surface area contributed by atoms with Crippen molar-refractivity contribution < 1.29 is 18.0 Å². The first-order valence-electron chi connectivity index (χ1n) is 9.87. The lowest BCUT2D eigenvalue weighted by Gasteiger charge is -2.39. The van der Waals surface area contributed by atoms with Crippen molar-refractivity contribution in [3.05, 3.63) is 80.4 Å². The van der Waals surface area contributed by atoms with Crippen LogP contribution >= 0.6 is 11.6 Å². The minimum Gasteiger partial charge on any atom is -0.370 e. The highest BCUT2D eigenvalue weighted by molar-refractivity contribution is 6.31. The number of aromatic amines is 1. The van der Waals surface area contributed by atoms with Crippen molar-refractivity contribution in [2.75, 3.05) is 28.3 Å². The topological polar surface area (TPSA) is 68.4 Å². The van der Waals surface area contributed by atoms with Gasteiger partial charge in [-0.15, -0.1) is 0 Å². The predicted molar refractivity (Wildman–Crippen MR) is 115 cm³/mol. The van der Waals surface area contributed by atoms with Crippen LogP contribution in [0, 0.1) is 17.5 Å². The van der Waals surface area contributed by atoms with E-state index in [1.165, 1.54) is 29.2 Å². The fraction of sp³-hybridized carbons (Fsp3) is 0.182. The minimum atomic E-state index is -0.994. The molecule has 2 bridgehead atoms. The summed E-state index contributed by atoms with van der Waals surface area (Å²) < 4.78 is 43.3. The predicted octanol–water partition coefficient (Wildman–Crippen LogP) is 4.56. The number of nitrogens with zero attached hydrogens (tertiary/aromatic N) is 2. The number of hydrogen-bond donors (Lipinski definition) is 2. The summed E-state index contributed by atoms with van der Waals surface area (Å²) in [4.78, 5) is 30.9. The lowest BCUT2D eigenvalue weighted by molar-refractivity contribution is 0.0983. The van der Waals surface area contributed by atoms with Crippen LogP contribution in [0.4, 0.5) is 36.1 Å². The molecule has 0 atom stereocenters. The molecule has 0 fully saturated rings. The van der Waals surface area contributed by atoms with E-state index in [2.05, 4.69) is 10.3 Å². The summed E-state index contributed by atoms with van der Waals surface area (Å²) in [6, 6.07) is 7.53. The van der Waals surface area contributed by atoms with Crippen LogP contribution < -0.4 is 20.7 Å². The molecule has 0 radical (unpaired) electrons. The number of benzene rings is 2.